The van der Waals surface area contributed by atoms with E-state index in [2.05, 4.69) is 36.8 Å². The molecule has 0 aliphatic heterocycles. The number of hydrogen-bond donors (Lipinski definition) is 2. The fourth-order valence-electron chi connectivity index (χ4n) is 2.71. The smallest absolute Gasteiger partial charge is 0.188 e. The van der Waals surface area contributed by atoms with Crippen molar-refractivity contribution < 1.29 is 9.47 Å². The third kappa shape index (κ3) is 7.18. The van der Waals surface area contributed by atoms with Crippen LogP contribution in [0, 0.1) is 0 Å². The van der Waals surface area contributed by atoms with Crippen molar-refractivity contribution in [2.75, 3.05) is 33.1 Å². The maximum absolute atomic E-state index is 6.02. The van der Waals surface area contributed by atoms with Gasteiger partial charge in [-0.3, -0.25) is 0 Å². The highest BCUT2D eigenvalue weighted by Crippen LogP contribution is 2.33. The van der Waals surface area contributed by atoms with Gasteiger partial charge in [0.2, 0.25) is 0 Å². The number of pyridine rings is 1. The Morgan fingerprint density at radius 3 is 2.78 bits per heavy atom. The summed E-state index contributed by atoms with van der Waals surface area (Å²) in [6, 6.07) is 11.5. The van der Waals surface area contributed by atoms with Crippen LogP contribution in [0.25, 0.3) is 0 Å². The second-order valence-electron chi connectivity index (χ2n) is 7.56. The lowest BCUT2D eigenvalue weighted by Crippen LogP contribution is -2.40. The van der Waals surface area contributed by atoms with Crippen LogP contribution in [0.5, 0.6) is 11.5 Å². The molecule has 8 nitrogen and oxygen atoms in total. The Balaban J connectivity index is 1.68. The second-order valence-corrected chi connectivity index (χ2v) is 9.33. The first kappa shape index (κ1) is 24.0. The van der Waals surface area contributed by atoms with Gasteiger partial charge < -0.3 is 25.1 Å². The first-order valence-electron chi connectivity index (χ1n) is 9.94. The minimum Gasteiger partial charge on any atom is -0.453 e. The highest BCUT2D eigenvalue weighted by molar-refractivity contribution is 9.10. The average Bonchev–Trinajstić information content (AvgIpc) is 3.20. The predicted molar refractivity (Wildman–Crippen MR) is 133 cm³/mol. The van der Waals surface area contributed by atoms with Crippen LogP contribution in [0.4, 0.5) is 10.9 Å². The van der Waals surface area contributed by atoms with Crippen LogP contribution in [-0.4, -0.2) is 54.6 Å². The van der Waals surface area contributed by atoms with Gasteiger partial charge in [0.1, 0.15) is 12.1 Å². The molecular formula is C22H27BrN6O2S. The molecule has 1 atom stereocenters. The lowest BCUT2D eigenvalue weighted by Gasteiger charge is -2.27. The Hall–Kier alpha value is -2.69. The van der Waals surface area contributed by atoms with Crippen LogP contribution in [-0.2, 0) is 11.2 Å². The summed E-state index contributed by atoms with van der Waals surface area (Å²) >= 11 is 4.96. The quantitative estimate of drug-likeness (QED) is 0.212. The lowest BCUT2D eigenvalue weighted by molar-refractivity contribution is 0.00683. The average molecular weight is 519 g/mol. The van der Waals surface area contributed by atoms with Gasteiger partial charge in [0, 0.05) is 49.7 Å². The van der Waals surface area contributed by atoms with Gasteiger partial charge in [0.25, 0.3) is 0 Å². The molecule has 0 bridgehead atoms. The molecule has 0 spiro atoms. The van der Waals surface area contributed by atoms with Gasteiger partial charge >= 0.3 is 0 Å². The van der Waals surface area contributed by atoms with E-state index in [1.807, 2.05) is 67.7 Å². The van der Waals surface area contributed by atoms with Crippen molar-refractivity contribution in [3.8, 4) is 11.5 Å². The SMILES string of the molecule is COC(C)(CNN=CN(C)C)Cc1csc(Nc2ncc(Br)cc2Oc2ccccc2)n1. The Bertz CT molecular complexity index is 1030. The number of aromatic nitrogens is 2. The van der Waals surface area contributed by atoms with E-state index >= 15 is 0 Å². The molecule has 170 valence electrons. The highest BCUT2D eigenvalue weighted by Gasteiger charge is 2.25. The summed E-state index contributed by atoms with van der Waals surface area (Å²) in [5.41, 5.74) is 3.51. The first-order valence-corrected chi connectivity index (χ1v) is 11.6. The number of anilines is 2. The summed E-state index contributed by atoms with van der Waals surface area (Å²) in [6.07, 6.45) is 4.06. The third-order valence-electron chi connectivity index (χ3n) is 4.45. The fourth-order valence-corrected chi connectivity index (χ4v) is 3.73. The molecule has 0 amide bonds. The summed E-state index contributed by atoms with van der Waals surface area (Å²) in [5.74, 6) is 1.93. The number of benzene rings is 1. The number of hydrazone groups is 1. The Morgan fingerprint density at radius 2 is 2.06 bits per heavy atom. The molecular weight excluding hydrogens is 492 g/mol. The number of nitrogens with zero attached hydrogens (tertiary/aromatic N) is 4. The van der Waals surface area contributed by atoms with E-state index in [4.69, 9.17) is 14.5 Å². The lowest BCUT2D eigenvalue weighted by atomic mass is 10.0. The topological polar surface area (TPSA) is 83.9 Å². The third-order valence-corrected chi connectivity index (χ3v) is 5.69. The molecule has 32 heavy (non-hydrogen) atoms. The van der Waals surface area contributed by atoms with Crippen LogP contribution in [0.1, 0.15) is 12.6 Å². The normalized spacial score (nSPS) is 13.0. The zero-order chi connectivity index (χ0) is 23.0. The number of ether oxygens (including phenoxy) is 2. The van der Waals surface area contributed by atoms with Gasteiger partial charge in [0.05, 0.1) is 17.8 Å². The van der Waals surface area contributed by atoms with Gasteiger partial charge in [-0.1, -0.05) is 18.2 Å². The minimum absolute atomic E-state index is 0.452. The van der Waals surface area contributed by atoms with E-state index in [9.17, 15) is 0 Å². The molecule has 2 N–H and O–H groups in total. The second kappa shape index (κ2) is 11.3. The molecule has 0 radical (unpaired) electrons. The summed E-state index contributed by atoms with van der Waals surface area (Å²) in [4.78, 5) is 11.0. The van der Waals surface area contributed by atoms with Crippen LogP contribution in [0.2, 0.25) is 0 Å². The molecule has 0 saturated heterocycles. The van der Waals surface area contributed by atoms with Gasteiger partial charge in [-0.2, -0.15) is 5.10 Å². The predicted octanol–water partition coefficient (Wildman–Crippen LogP) is 4.88. The molecule has 2 aromatic heterocycles. The van der Waals surface area contributed by atoms with E-state index in [0.29, 0.717) is 24.5 Å². The number of thiazole rings is 1. The summed E-state index contributed by atoms with van der Waals surface area (Å²) < 4.78 is 12.6. The molecule has 0 fully saturated rings. The van der Waals surface area contributed by atoms with E-state index < -0.39 is 5.60 Å². The van der Waals surface area contributed by atoms with E-state index in [1.54, 1.807) is 19.6 Å². The number of methoxy groups -OCH3 is 1. The van der Waals surface area contributed by atoms with Crippen molar-refractivity contribution in [2.45, 2.75) is 18.9 Å². The summed E-state index contributed by atoms with van der Waals surface area (Å²) in [6.45, 7) is 2.58. The zero-order valence-electron chi connectivity index (χ0n) is 18.5. The van der Waals surface area contributed by atoms with Crippen LogP contribution in [0.15, 0.2) is 57.5 Å². The van der Waals surface area contributed by atoms with Gasteiger partial charge in [0.15, 0.2) is 16.7 Å². The van der Waals surface area contributed by atoms with Crippen molar-refractivity contribution in [3.05, 3.63) is 58.1 Å². The molecule has 3 aromatic rings. The number of rotatable bonds is 11. The molecule has 0 aliphatic rings. The first-order chi connectivity index (χ1) is 15.4. The van der Waals surface area contributed by atoms with Crippen LogP contribution < -0.4 is 15.5 Å². The molecule has 0 aliphatic carbocycles. The molecule has 1 unspecified atom stereocenters. The number of hydrogen-bond acceptors (Lipinski definition) is 8. The summed E-state index contributed by atoms with van der Waals surface area (Å²) in [5, 5.41) is 10.2. The van der Waals surface area contributed by atoms with Crippen LogP contribution >= 0.6 is 27.3 Å². The standard InChI is InChI=1S/C22H27BrN6O2S/c1-22(30-4,14-25-26-15-29(2)3)11-17-13-32-21(27-17)28-20-19(10-16(23)12-24-20)31-18-8-6-5-7-9-18/h5-10,12-13,15,25H,11,14H2,1-4H3,(H,24,27,28). The van der Waals surface area contributed by atoms with E-state index in [0.717, 1.165) is 21.0 Å². The molecule has 3 rings (SSSR count). The Kier molecular flexibility index (Phi) is 8.43. The molecule has 2 heterocycles. The van der Waals surface area contributed by atoms with Gasteiger partial charge in [-0.15, -0.1) is 11.3 Å². The number of halogens is 1. The molecule has 10 heteroatoms. The maximum Gasteiger partial charge on any atom is 0.188 e. The van der Waals surface area contributed by atoms with Crippen LogP contribution in [0.3, 0.4) is 0 Å². The minimum atomic E-state index is -0.452. The van der Waals surface area contributed by atoms with Gasteiger partial charge in [-0.05, 0) is 35.0 Å². The largest absolute Gasteiger partial charge is 0.453 e. The Morgan fingerprint density at radius 1 is 1.28 bits per heavy atom. The number of nitrogens with one attached hydrogen (secondary N) is 2. The van der Waals surface area contributed by atoms with Gasteiger partial charge in [-0.25, -0.2) is 9.97 Å². The van der Waals surface area contributed by atoms with Crippen molar-refractivity contribution in [1.82, 2.24) is 20.3 Å². The molecule has 0 saturated carbocycles. The maximum atomic E-state index is 6.02. The fraction of sp³-hybridized carbons (Fsp3) is 0.318. The van der Waals surface area contributed by atoms with Crippen molar-refractivity contribution in [3.63, 3.8) is 0 Å². The van der Waals surface area contributed by atoms with Crippen molar-refractivity contribution in [1.29, 1.82) is 0 Å². The zero-order valence-corrected chi connectivity index (χ0v) is 20.9. The van der Waals surface area contributed by atoms with Crippen molar-refractivity contribution in [2.24, 2.45) is 5.10 Å². The van der Waals surface area contributed by atoms with E-state index in [1.165, 1.54) is 11.3 Å². The summed E-state index contributed by atoms with van der Waals surface area (Å²) in [7, 11) is 5.53. The monoisotopic (exact) mass is 518 g/mol. The molecule has 1 aromatic carbocycles. The van der Waals surface area contributed by atoms with E-state index in [-0.39, 0.29) is 0 Å². The Labute approximate surface area is 200 Å². The number of para-hydroxylation sites is 1. The van der Waals surface area contributed by atoms with Crippen molar-refractivity contribution >= 4 is 44.6 Å². The highest BCUT2D eigenvalue weighted by atomic mass is 79.9.